The minimum atomic E-state index is -0.225. The Balaban J connectivity index is 2.08. The molecule has 0 aromatic heterocycles. The molecule has 4 nitrogen and oxygen atoms in total. The number of anilines is 1. The van der Waals surface area contributed by atoms with Crippen LogP contribution < -0.4 is 14.8 Å². The lowest BCUT2D eigenvalue weighted by molar-refractivity contribution is -0.111. The minimum absolute atomic E-state index is 0.225. The summed E-state index contributed by atoms with van der Waals surface area (Å²) in [5.41, 5.74) is 1.50. The molecular weight excluding hydrogens is 438 g/mol. The lowest BCUT2D eigenvalue weighted by Gasteiger charge is -2.08. The third-order valence-corrected chi connectivity index (χ3v) is 4.14. The summed E-state index contributed by atoms with van der Waals surface area (Å²) in [5.74, 6) is 1.22. The molecule has 2 aromatic carbocycles. The number of rotatable bonds is 6. The van der Waals surface area contributed by atoms with Crippen LogP contribution in [-0.2, 0) is 4.79 Å². The summed E-state index contributed by atoms with van der Waals surface area (Å²) < 4.78 is 12.4. The van der Waals surface area contributed by atoms with E-state index in [0.717, 1.165) is 20.3 Å². The van der Waals surface area contributed by atoms with Gasteiger partial charge in [0.05, 0.1) is 18.2 Å². The maximum Gasteiger partial charge on any atom is 0.248 e. The Morgan fingerprint density at radius 2 is 1.92 bits per heavy atom. The van der Waals surface area contributed by atoms with E-state index in [1.54, 1.807) is 25.3 Å². The van der Waals surface area contributed by atoms with Crippen molar-refractivity contribution in [3.63, 3.8) is 0 Å². The number of ether oxygens (including phenoxy) is 2. The lowest BCUT2D eigenvalue weighted by Crippen LogP contribution is -2.07. The van der Waals surface area contributed by atoms with Gasteiger partial charge in [-0.25, -0.2) is 0 Å². The second kappa shape index (κ2) is 8.89. The number of nitrogens with one attached hydrogen (secondary N) is 1. The summed E-state index contributed by atoms with van der Waals surface area (Å²) in [5, 5.41) is 2.80. The molecule has 0 aliphatic heterocycles. The highest BCUT2D eigenvalue weighted by Crippen LogP contribution is 2.33. The van der Waals surface area contributed by atoms with E-state index in [1.807, 2.05) is 31.2 Å². The van der Waals surface area contributed by atoms with Gasteiger partial charge in [-0.15, -0.1) is 0 Å². The Kier molecular flexibility index (Phi) is 6.87. The molecular formula is C18H17Br2NO3. The van der Waals surface area contributed by atoms with Crippen LogP contribution in [0, 0.1) is 0 Å². The van der Waals surface area contributed by atoms with Crippen LogP contribution in [0.3, 0.4) is 0 Å². The van der Waals surface area contributed by atoms with Crippen LogP contribution in [0.15, 0.2) is 51.4 Å². The van der Waals surface area contributed by atoms with Crippen molar-refractivity contribution >= 4 is 49.5 Å². The van der Waals surface area contributed by atoms with Gasteiger partial charge in [-0.2, -0.15) is 0 Å². The molecule has 0 radical (unpaired) electrons. The van der Waals surface area contributed by atoms with E-state index in [4.69, 9.17) is 9.47 Å². The van der Waals surface area contributed by atoms with Crippen LogP contribution >= 0.6 is 31.9 Å². The number of hydrogen-bond donors (Lipinski definition) is 1. The Hall–Kier alpha value is -1.79. The molecule has 24 heavy (non-hydrogen) atoms. The number of benzene rings is 2. The van der Waals surface area contributed by atoms with Gasteiger partial charge >= 0.3 is 0 Å². The zero-order valence-electron chi connectivity index (χ0n) is 13.3. The number of carbonyl (C=O) groups is 1. The first-order valence-electron chi connectivity index (χ1n) is 7.28. The van der Waals surface area contributed by atoms with Crippen molar-refractivity contribution in [1.82, 2.24) is 0 Å². The molecule has 0 heterocycles. The fraction of sp³-hybridized carbons (Fsp3) is 0.167. The normalized spacial score (nSPS) is 10.7. The Morgan fingerprint density at radius 1 is 1.21 bits per heavy atom. The van der Waals surface area contributed by atoms with Crippen molar-refractivity contribution in [3.05, 3.63) is 57.0 Å². The molecule has 2 rings (SSSR count). The quantitative estimate of drug-likeness (QED) is 0.604. The van der Waals surface area contributed by atoms with Crippen molar-refractivity contribution in [3.8, 4) is 11.5 Å². The fourth-order valence-corrected chi connectivity index (χ4v) is 3.49. The molecule has 6 heteroatoms. The monoisotopic (exact) mass is 453 g/mol. The fourth-order valence-electron chi connectivity index (χ4n) is 2.07. The van der Waals surface area contributed by atoms with Crippen molar-refractivity contribution in [2.45, 2.75) is 6.92 Å². The second-order valence-corrected chi connectivity index (χ2v) is 6.56. The molecule has 0 saturated carbocycles. The molecule has 0 saturated heterocycles. The zero-order valence-corrected chi connectivity index (χ0v) is 16.5. The van der Waals surface area contributed by atoms with Crippen LogP contribution in [0.1, 0.15) is 12.5 Å². The van der Waals surface area contributed by atoms with Gasteiger partial charge in [0, 0.05) is 21.8 Å². The van der Waals surface area contributed by atoms with Gasteiger partial charge in [-0.05, 0) is 65.3 Å². The van der Waals surface area contributed by atoms with Gasteiger partial charge < -0.3 is 14.8 Å². The van der Waals surface area contributed by atoms with Crippen LogP contribution in [-0.4, -0.2) is 19.6 Å². The van der Waals surface area contributed by atoms with Gasteiger partial charge in [-0.1, -0.05) is 15.9 Å². The smallest absolute Gasteiger partial charge is 0.248 e. The Bertz CT molecular complexity index is 743. The van der Waals surface area contributed by atoms with E-state index in [0.29, 0.717) is 18.0 Å². The highest BCUT2D eigenvalue weighted by Gasteiger charge is 2.07. The molecule has 0 spiro atoms. The van der Waals surface area contributed by atoms with Crippen molar-refractivity contribution < 1.29 is 14.3 Å². The van der Waals surface area contributed by atoms with Crippen LogP contribution in [0.2, 0.25) is 0 Å². The average Bonchev–Trinajstić information content (AvgIpc) is 2.54. The Morgan fingerprint density at radius 3 is 2.54 bits per heavy atom. The average molecular weight is 455 g/mol. The van der Waals surface area contributed by atoms with E-state index < -0.39 is 0 Å². The molecule has 2 aromatic rings. The van der Waals surface area contributed by atoms with Gasteiger partial charge in [0.2, 0.25) is 5.91 Å². The third kappa shape index (κ3) is 5.11. The molecule has 126 valence electrons. The van der Waals surface area contributed by atoms with E-state index in [9.17, 15) is 4.79 Å². The molecule has 0 aliphatic carbocycles. The van der Waals surface area contributed by atoms with Crippen LogP contribution in [0.4, 0.5) is 5.69 Å². The summed E-state index contributed by atoms with van der Waals surface area (Å²) in [7, 11) is 1.59. The number of hydrogen-bond acceptors (Lipinski definition) is 3. The summed E-state index contributed by atoms with van der Waals surface area (Å²) in [6.07, 6.45) is 3.17. The number of halogens is 2. The predicted molar refractivity (Wildman–Crippen MR) is 104 cm³/mol. The van der Waals surface area contributed by atoms with Crippen molar-refractivity contribution in [2.24, 2.45) is 0 Å². The standard InChI is InChI=1S/C18H17Br2NO3/c1-3-24-15-7-5-14(6-8-15)21-17(22)9-4-12-10-13(19)11-16(20)18(12)23-2/h4-11H,3H2,1-2H3,(H,21,22)/b9-4+. The van der Waals surface area contributed by atoms with Gasteiger partial charge in [0.1, 0.15) is 11.5 Å². The van der Waals surface area contributed by atoms with Gasteiger partial charge in [0.25, 0.3) is 0 Å². The van der Waals surface area contributed by atoms with E-state index >= 15 is 0 Å². The molecule has 0 atom stereocenters. The predicted octanol–water partition coefficient (Wildman–Crippen LogP) is 5.27. The first-order valence-corrected chi connectivity index (χ1v) is 8.87. The number of carbonyl (C=O) groups excluding carboxylic acids is 1. The first kappa shape index (κ1) is 18.5. The van der Waals surface area contributed by atoms with E-state index in [-0.39, 0.29) is 5.91 Å². The second-order valence-electron chi connectivity index (χ2n) is 4.79. The molecule has 0 aliphatic rings. The van der Waals surface area contributed by atoms with Crippen molar-refractivity contribution in [1.29, 1.82) is 0 Å². The summed E-state index contributed by atoms with van der Waals surface area (Å²) in [4.78, 5) is 12.1. The summed E-state index contributed by atoms with van der Waals surface area (Å²) in [6, 6.07) is 11.0. The van der Waals surface area contributed by atoms with Crippen molar-refractivity contribution in [2.75, 3.05) is 19.0 Å². The van der Waals surface area contributed by atoms with E-state index in [1.165, 1.54) is 6.08 Å². The molecule has 1 amide bonds. The highest BCUT2D eigenvalue weighted by atomic mass is 79.9. The maximum atomic E-state index is 12.1. The molecule has 0 bridgehead atoms. The SMILES string of the molecule is CCOc1ccc(NC(=O)/C=C/c2cc(Br)cc(Br)c2OC)cc1. The summed E-state index contributed by atoms with van der Waals surface area (Å²) >= 11 is 6.86. The number of methoxy groups -OCH3 is 1. The highest BCUT2D eigenvalue weighted by molar-refractivity contribution is 9.11. The van der Waals surface area contributed by atoms with Crippen LogP contribution in [0.25, 0.3) is 6.08 Å². The van der Waals surface area contributed by atoms with Gasteiger partial charge in [-0.3, -0.25) is 4.79 Å². The third-order valence-electron chi connectivity index (χ3n) is 3.09. The minimum Gasteiger partial charge on any atom is -0.495 e. The molecule has 0 unspecified atom stereocenters. The molecule has 1 N–H and O–H groups in total. The van der Waals surface area contributed by atoms with E-state index in [2.05, 4.69) is 37.2 Å². The first-order chi connectivity index (χ1) is 11.5. The number of amides is 1. The lowest BCUT2D eigenvalue weighted by atomic mass is 10.2. The molecule has 0 fully saturated rings. The zero-order chi connectivity index (χ0) is 17.5. The van der Waals surface area contributed by atoms with Crippen LogP contribution in [0.5, 0.6) is 11.5 Å². The van der Waals surface area contributed by atoms with Gasteiger partial charge in [0.15, 0.2) is 0 Å². The topological polar surface area (TPSA) is 47.6 Å². The largest absolute Gasteiger partial charge is 0.495 e. The Labute approximate surface area is 158 Å². The summed E-state index contributed by atoms with van der Waals surface area (Å²) in [6.45, 7) is 2.54. The maximum absolute atomic E-state index is 12.1.